The first-order valence-electron chi connectivity index (χ1n) is 10.9. The third kappa shape index (κ3) is 2.89. The summed E-state index contributed by atoms with van der Waals surface area (Å²) >= 11 is 0. The number of ketones is 1. The van der Waals surface area contributed by atoms with Crippen LogP contribution in [0.25, 0.3) is 16.8 Å². The molecule has 3 nitrogen and oxygen atoms in total. The maximum Gasteiger partial charge on any atom is 0.150 e. The quantitative estimate of drug-likeness (QED) is 0.346. The molecule has 2 aliphatic rings. The van der Waals surface area contributed by atoms with Crippen LogP contribution >= 0.6 is 0 Å². The van der Waals surface area contributed by atoms with Crippen LogP contribution in [0.15, 0.2) is 84.9 Å². The number of Topliss-reactive ketones (excluding diaryl/α,β-unsaturated/α-hetero) is 1. The number of aldehydes is 1. The molecule has 0 aromatic heterocycles. The zero-order valence-corrected chi connectivity index (χ0v) is 17.5. The average molecular weight is 415 g/mol. The SMILES string of the molecule is O=Cc1ccc(N(c2ccccc2)c2ccc3c4c5c(ccc24)CC(=O)CC5C=C3)cc1. The summed E-state index contributed by atoms with van der Waals surface area (Å²) in [6, 6.07) is 26.6. The molecule has 0 aliphatic heterocycles. The fourth-order valence-corrected chi connectivity index (χ4v) is 5.16. The van der Waals surface area contributed by atoms with E-state index in [1.54, 1.807) is 0 Å². The summed E-state index contributed by atoms with van der Waals surface area (Å²) < 4.78 is 0. The monoisotopic (exact) mass is 415 g/mol. The lowest BCUT2D eigenvalue weighted by Crippen LogP contribution is -2.19. The van der Waals surface area contributed by atoms with E-state index in [1.165, 1.54) is 21.9 Å². The molecule has 1 unspecified atom stereocenters. The molecule has 0 saturated heterocycles. The zero-order valence-electron chi connectivity index (χ0n) is 17.5. The zero-order chi connectivity index (χ0) is 21.7. The van der Waals surface area contributed by atoms with Gasteiger partial charge in [-0.3, -0.25) is 9.59 Å². The number of allylic oxidation sites excluding steroid dienone is 1. The highest BCUT2D eigenvalue weighted by atomic mass is 16.1. The predicted molar refractivity (Wildman–Crippen MR) is 129 cm³/mol. The normalized spacial score (nSPS) is 16.2. The van der Waals surface area contributed by atoms with Crippen molar-refractivity contribution in [1.82, 2.24) is 0 Å². The highest BCUT2D eigenvalue weighted by Gasteiger charge is 2.29. The number of carbonyl (C=O) groups excluding carboxylic acids is 2. The van der Waals surface area contributed by atoms with E-state index < -0.39 is 0 Å². The Labute approximate surface area is 186 Å². The number of anilines is 3. The maximum absolute atomic E-state index is 12.3. The van der Waals surface area contributed by atoms with E-state index >= 15 is 0 Å². The molecule has 154 valence electrons. The van der Waals surface area contributed by atoms with Gasteiger partial charge in [0, 0.05) is 41.1 Å². The highest BCUT2D eigenvalue weighted by Crippen LogP contribution is 2.46. The summed E-state index contributed by atoms with van der Waals surface area (Å²) in [5.41, 5.74) is 7.46. The van der Waals surface area contributed by atoms with Crippen molar-refractivity contribution in [3.05, 3.63) is 107 Å². The number of benzene rings is 4. The number of hydrogen-bond acceptors (Lipinski definition) is 3. The largest absolute Gasteiger partial charge is 0.310 e. The summed E-state index contributed by atoms with van der Waals surface area (Å²) in [7, 11) is 0. The summed E-state index contributed by atoms with van der Waals surface area (Å²) in [6.45, 7) is 0. The Morgan fingerprint density at radius 2 is 1.62 bits per heavy atom. The number of carbonyl (C=O) groups is 2. The van der Waals surface area contributed by atoms with Gasteiger partial charge in [0.05, 0.1) is 5.69 Å². The number of nitrogens with zero attached hydrogens (tertiary/aromatic N) is 1. The molecule has 3 heteroatoms. The van der Waals surface area contributed by atoms with Gasteiger partial charge in [0.2, 0.25) is 0 Å². The molecule has 32 heavy (non-hydrogen) atoms. The van der Waals surface area contributed by atoms with Gasteiger partial charge in [-0.1, -0.05) is 48.6 Å². The minimum atomic E-state index is 0.162. The van der Waals surface area contributed by atoms with Gasteiger partial charge in [-0.25, -0.2) is 0 Å². The molecular formula is C29H21NO2. The molecule has 0 radical (unpaired) electrons. The second-order valence-electron chi connectivity index (χ2n) is 8.50. The van der Waals surface area contributed by atoms with Gasteiger partial charge in [-0.05, 0) is 64.5 Å². The lowest BCUT2D eigenvalue weighted by Gasteiger charge is -2.31. The van der Waals surface area contributed by atoms with E-state index in [1.807, 2.05) is 42.5 Å². The first-order valence-corrected chi connectivity index (χ1v) is 10.9. The smallest absolute Gasteiger partial charge is 0.150 e. The Morgan fingerprint density at radius 3 is 2.41 bits per heavy atom. The fourth-order valence-electron chi connectivity index (χ4n) is 5.16. The van der Waals surface area contributed by atoms with Crippen molar-refractivity contribution in [2.75, 3.05) is 4.90 Å². The van der Waals surface area contributed by atoms with Crippen LogP contribution in [0, 0.1) is 0 Å². The summed E-state index contributed by atoms with van der Waals surface area (Å²) in [4.78, 5) is 25.7. The van der Waals surface area contributed by atoms with Gasteiger partial charge in [-0.2, -0.15) is 0 Å². The van der Waals surface area contributed by atoms with Crippen molar-refractivity contribution in [3.63, 3.8) is 0 Å². The second-order valence-corrected chi connectivity index (χ2v) is 8.50. The minimum absolute atomic E-state index is 0.162. The van der Waals surface area contributed by atoms with Crippen molar-refractivity contribution in [1.29, 1.82) is 0 Å². The first kappa shape index (κ1) is 18.8. The molecule has 0 fully saturated rings. The van der Waals surface area contributed by atoms with Crippen LogP contribution < -0.4 is 4.90 Å². The predicted octanol–water partition coefficient (Wildman–Crippen LogP) is 6.75. The summed E-state index contributed by atoms with van der Waals surface area (Å²) in [6.07, 6.45) is 6.33. The average Bonchev–Trinajstić information content (AvgIpc) is 2.84. The topological polar surface area (TPSA) is 37.4 Å². The standard InChI is InChI=1S/C29H21NO2/c31-18-19-6-12-24(13-7-19)30(23-4-2-1-3-5-23)27-15-11-20-8-9-21-16-25(32)17-22-10-14-26(27)29(20)28(21)22/h1-15,18,21H,16-17H2. The van der Waals surface area contributed by atoms with Gasteiger partial charge >= 0.3 is 0 Å². The Kier molecular flexibility index (Phi) is 4.29. The Hall–Kier alpha value is -3.98. The van der Waals surface area contributed by atoms with Crippen LogP contribution in [-0.2, 0) is 11.2 Å². The van der Waals surface area contributed by atoms with Gasteiger partial charge in [-0.15, -0.1) is 0 Å². The van der Waals surface area contributed by atoms with Crippen molar-refractivity contribution in [2.45, 2.75) is 18.8 Å². The van der Waals surface area contributed by atoms with E-state index in [2.05, 4.69) is 53.5 Å². The lowest BCUT2D eigenvalue weighted by atomic mass is 9.75. The Balaban J connectivity index is 1.62. The van der Waals surface area contributed by atoms with Crippen LogP contribution in [0.5, 0.6) is 0 Å². The maximum atomic E-state index is 12.3. The molecule has 0 N–H and O–H groups in total. The fraction of sp³-hybridized carbons (Fsp3) is 0.103. The molecule has 0 spiro atoms. The third-order valence-electron chi connectivity index (χ3n) is 6.58. The van der Waals surface area contributed by atoms with E-state index in [9.17, 15) is 9.59 Å². The molecule has 0 bridgehead atoms. The van der Waals surface area contributed by atoms with Gasteiger partial charge in [0.25, 0.3) is 0 Å². The third-order valence-corrected chi connectivity index (χ3v) is 6.58. The molecular weight excluding hydrogens is 394 g/mol. The molecule has 4 aromatic rings. The van der Waals surface area contributed by atoms with Crippen molar-refractivity contribution >= 4 is 46.0 Å². The van der Waals surface area contributed by atoms with Gasteiger partial charge in [0.15, 0.2) is 0 Å². The van der Waals surface area contributed by atoms with Gasteiger partial charge < -0.3 is 4.90 Å². The Morgan fingerprint density at radius 1 is 0.844 bits per heavy atom. The number of para-hydroxylation sites is 1. The Bertz CT molecular complexity index is 1400. The number of rotatable bonds is 4. The molecule has 4 aromatic carbocycles. The van der Waals surface area contributed by atoms with Crippen LogP contribution in [0.1, 0.15) is 39.4 Å². The molecule has 0 saturated carbocycles. The van der Waals surface area contributed by atoms with Crippen molar-refractivity contribution in [3.8, 4) is 0 Å². The van der Waals surface area contributed by atoms with Crippen LogP contribution in [0.3, 0.4) is 0 Å². The van der Waals surface area contributed by atoms with Crippen LogP contribution in [0.2, 0.25) is 0 Å². The van der Waals surface area contributed by atoms with Crippen LogP contribution in [0.4, 0.5) is 17.1 Å². The van der Waals surface area contributed by atoms with E-state index in [4.69, 9.17) is 0 Å². The first-order chi connectivity index (χ1) is 15.7. The second kappa shape index (κ2) is 7.31. The highest BCUT2D eigenvalue weighted by molar-refractivity contribution is 6.07. The van der Waals surface area contributed by atoms with Crippen LogP contribution in [-0.4, -0.2) is 12.1 Å². The lowest BCUT2D eigenvalue weighted by molar-refractivity contribution is -0.119. The molecule has 2 aliphatic carbocycles. The van der Waals surface area contributed by atoms with Gasteiger partial charge in [0.1, 0.15) is 12.1 Å². The number of hydrogen-bond donors (Lipinski definition) is 0. The van der Waals surface area contributed by atoms with E-state index in [-0.39, 0.29) is 5.92 Å². The molecule has 0 heterocycles. The van der Waals surface area contributed by atoms with Crippen molar-refractivity contribution < 1.29 is 9.59 Å². The molecule has 6 rings (SSSR count). The summed E-state index contributed by atoms with van der Waals surface area (Å²) in [5.74, 6) is 0.474. The van der Waals surface area contributed by atoms with Crippen molar-refractivity contribution in [2.24, 2.45) is 0 Å². The molecule has 1 atom stereocenters. The van der Waals surface area contributed by atoms with E-state index in [0.29, 0.717) is 24.2 Å². The molecule has 0 amide bonds. The summed E-state index contributed by atoms with van der Waals surface area (Å²) in [5, 5.41) is 2.43. The minimum Gasteiger partial charge on any atom is -0.310 e. The van der Waals surface area contributed by atoms with E-state index in [0.717, 1.165) is 28.9 Å².